The smallest absolute Gasteiger partial charge is 0.262 e. The standard InChI is InChI=1S/C21H21N5O5S/c1-12(20(29)13-4-5-16-15(9-13)23-19(28)11-31-16)32-21-25-24-18(7-6-17(22)27)26(21)10-14-3-2-8-30-14/h2-5,8-9,12H,6-7,10-11H2,1H3,(H2,22,27)(H,23,28). The van der Waals surface area contributed by atoms with Gasteiger partial charge in [0, 0.05) is 18.4 Å². The first kappa shape index (κ1) is 21.6. The number of hydrogen-bond acceptors (Lipinski definition) is 8. The summed E-state index contributed by atoms with van der Waals surface area (Å²) in [5.74, 6) is 0.966. The normalized spacial score (nSPS) is 13.7. The summed E-state index contributed by atoms with van der Waals surface area (Å²) < 4.78 is 12.6. The van der Waals surface area contributed by atoms with Gasteiger partial charge in [-0.25, -0.2) is 0 Å². The van der Waals surface area contributed by atoms with Crippen molar-refractivity contribution < 1.29 is 23.5 Å². The van der Waals surface area contributed by atoms with E-state index in [0.29, 0.717) is 46.7 Å². The van der Waals surface area contributed by atoms with Crippen LogP contribution in [0.2, 0.25) is 0 Å². The van der Waals surface area contributed by atoms with Gasteiger partial charge in [-0.15, -0.1) is 10.2 Å². The van der Waals surface area contributed by atoms with Crippen molar-refractivity contribution in [3.63, 3.8) is 0 Å². The molecule has 166 valence electrons. The van der Waals surface area contributed by atoms with Crippen LogP contribution in [0.1, 0.15) is 35.3 Å². The van der Waals surface area contributed by atoms with Gasteiger partial charge in [0.2, 0.25) is 5.91 Å². The number of hydrogen-bond donors (Lipinski definition) is 2. The second kappa shape index (κ2) is 9.27. The number of carbonyl (C=O) groups excluding carboxylic acids is 3. The van der Waals surface area contributed by atoms with E-state index in [1.54, 1.807) is 37.5 Å². The molecule has 10 nitrogen and oxygen atoms in total. The van der Waals surface area contributed by atoms with Crippen LogP contribution in [0.15, 0.2) is 46.2 Å². The summed E-state index contributed by atoms with van der Waals surface area (Å²) in [5, 5.41) is 11.2. The van der Waals surface area contributed by atoms with Crippen molar-refractivity contribution in [1.29, 1.82) is 0 Å². The number of amides is 2. The third-order valence-corrected chi connectivity index (χ3v) is 5.91. The van der Waals surface area contributed by atoms with Gasteiger partial charge in [0.25, 0.3) is 5.91 Å². The van der Waals surface area contributed by atoms with E-state index in [4.69, 9.17) is 14.9 Å². The number of thioether (sulfide) groups is 1. The fraction of sp³-hybridized carbons (Fsp3) is 0.286. The predicted octanol–water partition coefficient (Wildman–Crippen LogP) is 2.03. The molecule has 0 fully saturated rings. The number of Topliss-reactive ketones (excluding diaryl/α,β-unsaturated/α-hetero) is 1. The number of ether oxygens (including phenoxy) is 1. The summed E-state index contributed by atoms with van der Waals surface area (Å²) in [4.78, 5) is 35.8. The van der Waals surface area contributed by atoms with Gasteiger partial charge in [-0.3, -0.25) is 19.0 Å². The van der Waals surface area contributed by atoms with Gasteiger partial charge >= 0.3 is 0 Å². The van der Waals surface area contributed by atoms with E-state index < -0.39 is 11.2 Å². The first-order valence-electron chi connectivity index (χ1n) is 9.91. The molecule has 3 heterocycles. The summed E-state index contributed by atoms with van der Waals surface area (Å²) in [7, 11) is 0. The highest BCUT2D eigenvalue weighted by molar-refractivity contribution is 8.00. The summed E-state index contributed by atoms with van der Waals surface area (Å²) in [6, 6.07) is 8.55. The van der Waals surface area contributed by atoms with Crippen molar-refractivity contribution in [2.24, 2.45) is 5.73 Å². The predicted molar refractivity (Wildman–Crippen MR) is 116 cm³/mol. The molecule has 4 rings (SSSR count). The van der Waals surface area contributed by atoms with E-state index in [-0.39, 0.29) is 24.7 Å². The van der Waals surface area contributed by atoms with Gasteiger partial charge in [-0.05, 0) is 37.3 Å². The molecule has 1 aliphatic rings. The molecule has 2 amide bonds. The molecule has 1 atom stereocenters. The van der Waals surface area contributed by atoms with Gasteiger partial charge in [0.15, 0.2) is 17.5 Å². The number of fused-ring (bicyclic) bond motifs is 1. The molecule has 0 aliphatic carbocycles. The fourth-order valence-corrected chi connectivity index (χ4v) is 4.17. The third-order valence-electron chi connectivity index (χ3n) is 4.83. The van der Waals surface area contributed by atoms with Gasteiger partial charge in [0.1, 0.15) is 17.3 Å². The minimum Gasteiger partial charge on any atom is -0.482 e. The SMILES string of the molecule is CC(Sc1nnc(CCC(N)=O)n1Cc1ccco1)C(=O)c1ccc2c(c1)NC(=O)CO2. The third kappa shape index (κ3) is 4.83. The van der Waals surface area contributed by atoms with Crippen LogP contribution in [-0.2, 0) is 22.6 Å². The average molecular weight is 455 g/mol. The molecule has 1 aromatic carbocycles. The van der Waals surface area contributed by atoms with E-state index >= 15 is 0 Å². The Morgan fingerprint density at radius 1 is 1.31 bits per heavy atom. The molecule has 32 heavy (non-hydrogen) atoms. The number of aryl methyl sites for hydroxylation is 1. The number of rotatable bonds is 9. The second-order valence-corrected chi connectivity index (χ2v) is 8.51. The molecule has 0 spiro atoms. The molecule has 0 radical (unpaired) electrons. The Morgan fingerprint density at radius 2 is 2.16 bits per heavy atom. The van der Waals surface area contributed by atoms with Crippen molar-refractivity contribution in [1.82, 2.24) is 14.8 Å². The van der Waals surface area contributed by atoms with Crippen molar-refractivity contribution in [2.45, 2.75) is 36.7 Å². The topological polar surface area (TPSA) is 142 Å². The molecular weight excluding hydrogens is 434 g/mol. The van der Waals surface area contributed by atoms with Crippen molar-refractivity contribution in [2.75, 3.05) is 11.9 Å². The Bertz CT molecular complexity index is 1160. The number of primary amides is 1. The van der Waals surface area contributed by atoms with E-state index in [1.807, 2.05) is 10.6 Å². The Balaban J connectivity index is 1.53. The highest BCUT2D eigenvalue weighted by Crippen LogP contribution is 2.31. The number of furan rings is 1. The molecule has 1 aliphatic heterocycles. The summed E-state index contributed by atoms with van der Waals surface area (Å²) >= 11 is 1.25. The highest BCUT2D eigenvalue weighted by Gasteiger charge is 2.24. The van der Waals surface area contributed by atoms with Crippen molar-refractivity contribution in [3.05, 3.63) is 53.7 Å². The van der Waals surface area contributed by atoms with E-state index in [1.165, 1.54) is 11.8 Å². The molecule has 0 saturated heterocycles. The van der Waals surface area contributed by atoms with Gasteiger partial charge in [0.05, 0.1) is 23.7 Å². The van der Waals surface area contributed by atoms with Crippen LogP contribution in [0.4, 0.5) is 5.69 Å². The fourth-order valence-electron chi connectivity index (χ4n) is 3.23. The van der Waals surface area contributed by atoms with E-state index in [0.717, 1.165) is 0 Å². The monoisotopic (exact) mass is 455 g/mol. The number of anilines is 1. The molecule has 2 aromatic heterocycles. The summed E-state index contributed by atoms with van der Waals surface area (Å²) in [6.07, 6.45) is 2.04. The average Bonchev–Trinajstić information content (AvgIpc) is 3.42. The minimum atomic E-state index is -0.489. The Hall–Kier alpha value is -3.60. The lowest BCUT2D eigenvalue weighted by Crippen LogP contribution is -2.25. The molecule has 3 aromatic rings. The lowest BCUT2D eigenvalue weighted by Gasteiger charge is -2.19. The Labute approximate surface area is 187 Å². The number of ketones is 1. The zero-order chi connectivity index (χ0) is 22.7. The van der Waals surface area contributed by atoms with Crippen LogP contribution < -0.4 is 15.8 Å². The zero-order valence-corrected chi connectivity index (χ0v) is 18.1. The van der Waals surface area contributed by atoms with Crippen LogP contribution in [0.5, 0.6) is 5.75 Å². The van der Waals surface area contributed by atoms with Crippen LogP contribution in [-0.4, -0.2) is 44.2 Å². The first-order valence-corrected chi connectivity index (χ1v) is 10.8. The number of nitrogens with zero attached hydrogens (tertiary/aromatic N) is 3. The number of nitrogens with two attached hydrogens (primary N) is 1. The Kier molecular flexibility index (Phi) is 6.26. The molecule has 11 heteroatoms. The van der Waals surface area contributed by atoms with E-state index in [9.17, 15) is 14.4 Å². The van der Waals surface area contributed by atoms with Crippen LogP contribution >= 0.6 is 11.8 Å². The van der Waals surface area contributed by atoms with E-state index in [2.05, 4.69) is 15.5 Å². The first-order chi connectivity index (χ1) is 15.4. The second-order valence-electron chi connectivity index (χ2n) is 7.20. The van der Waals surface area contributed by atoms with Crippen molar-refractivity contribution >= 4 is 35.0 Å². The zero-order valence-electron chi connectivity index (χ0n) is 17.2. The minimum absolute atomic E-state index is 0.0457. The van der Waals surface area contributed by atoms with Gasteiger partial charge in [-0.1, -0.05) is 11.8 Å². The number of benzene rings is 1. The van der Waals surface area contributed by atoms with Gasteiger partial charge < -0.3 is 20.2 Å². The maximum Gasteiger partial charge on any atom is 0.262 e. The number of carbonyl (C=O) groups is 3. The molecule has 3 N–H and O–H groups in total. The van der Waals surface area contributed by atoms with Gasteiger partial charge in [-0.2, -0.15) is 0 Å². The number of nitrogens with one attached hydrogen (secondary N) is 1. The Morgan fingerprint density at radius 3 is 2.91 bits per heavy atom. The molecule has 1 unspecified atom stereocenters. The lowest BCUT2D eigenvalue weighted by molar-refractivity contribution is -0.119. The summed E-state index contributed by atoms with van der Waals surface area (Å²) in [5.41, 5.74) is 6.19. The highest BCUT2D eigenvalue weighted by atomic mass is 32.2. The molecule has 0 bridgehead atoms. The van der Waals surface area contributed by atoms with Crippen LogP contribution in [0.3, 0.4) is 0 Å². The lowest BCUT2D eigenvalue weighted by atomic mass is 10.1. The van der Waals surface area contributed by atoms with Crippen molar-refractivity contribution in [3.8, 4) is 5.75 Å². The maximum absolute atomic E-state index is 13.1. The van der Waals surface area contributed by atoms with Crippen LogP contribution in [0, 0.1) is 0 Å². The van der Waals surface area contributed by atoms with Crippen LogP contribution in [0.25, 0.3) is 0 Å². The largest absolute Gasteiger partial charge is 0.482 e. The maximum atomic E-state index is 13.1. The molecular formula is C21H21N5O5S. The quantitative estimate of drug-likeness (QED) is 0.369. The number of aromatic nitrogens is 3. The molecule has 0 saturated carbocycles. The summed E-state index contributed by atoms with van der Waals surface area (Å²) in [6.45, 7) is 2.09.